The first kappa shape index (κ1) is 22.3. The third-order valence-corrected chi connectivity index (χ3v) is 4.71. The normalized spacial score (nSPS) is 38.0. The molecule has 11 heteroatoms. The SMILES string of the molecule is CC(=O)C(O)[C@H]1O[C@@H](N=C=S)[C@@](O)(C(C)=O)[C@](O)(C(C)=O)[C@@]1(O)C(C)=O. The van der Waals surface area contributed by atoms with Gasteiger partial charge in [0, 0.05) is 0 Å². The average molecular weight is 389 g/mol. The summed E-state index contributed by atoms with van der Waals surface area (Å²) in [6.07, 6.45) is -6.57. The van der Waals surface area contributed by atoms with Crippen molar-refractivity contribution in [2.45, 2.75) is 62.9 Å². The van der Waals surface area contributed by atoms with Crippen molar-refractivity contribution in [3.63, 3.8) is 0 Å². The van der Waals surface area contributed by atoms with Crippen LogP contribution in [0, 0.1) is 0 Å². The van der Waals surface area contributed by atoms with Crippen LogP contribution in [0.4, 0.5) is 0 Å². The van der Waals surface area contributed by atoms with E-state index < -0.39 is 58.4 Å². The molecule has 26 heavy (non-hydrogen) atoms. The summed E-state index contributed by atoms with van der Waals surface area (Å²) in [7, 11) is 0. The molecule has 10 nitrogen and oxygen atoms in total. The van der Waals surface area contributed by atoms with Crippen molar-refractivity contribution < 1.29 is 44.3 Å². The van der Waals surface area contributed by atoms with Crippen LogP contribution >= 0.6 is 12.2 Å². The molecule has 0 aliphatic carbocycles. The van der Waals surface area contributed by atoms with Crippen molar-refractivity contribution in [3.05, 3.63) is 0 Å². The van der Waals surface area contributed by atoms with E-state index in [1.165, 1.54) is 0 Å². The van der Waals surface area contributed by atoms with Crippen molar-refractivity contribution in [2.24, 2.45) is 4.99 Å². The lowest BCUT2D eigenvalue weighted by molar-refractivity contribution is -0.325. The summed E-state index contributed by atoms with van der Waals surface area (Å²) in [4.78, 5) is 51.5. The molecule has 0 saturated carbocycles. The standard InChI is InChI=1S/C15H19NO9S/c1-6(17)10(21)11-13(22,7(2)18)15(24,9(4)20)14(23,8(3)19)12(25-11)16-5-26/h10-12,21-24H,1-4H3/t10?,11-,12-,13-,14+,15+/m1/s1. The summed E-state index contributed by atoms with van der Waals surface area (Å²) in [6.45, 7) is 3.07. The summed E-state index contributed by atoms with van der Waals surface area (Å²) < 4.78 is 5.13. The number of Topliss-reactive ketones (excluding diaryl/α,β-unsaturated/α-hetero) is 4. The average Bonchev–Trinajstić information content (AvgIpc) is 2.53. The lowest BCUT2D eigenvalue weighted by atomic mass is 9.59. The van der Waals surface area contributed by atoms with Gasteiger partial charge in [0.05, 0.1) is 5.16 Å². The molecule has 0 bridgehead atoms. The maximum atomic E-state index is 12.3. The maximum Gasteiger partial charge on any atom is 0.209 e. The predicted octanol–water partition coefficient (Wildman–Crippen LogP) is -2.28. The molecule has 1 saturated heterocycles. The molecule has 0 amide bonds. The molecule has 1 aliphatic rings. The monoisotopic (exact) mass is 389 g/mol. The lowest BCUT2D eigenvalue weighted by Crippen LogP contribution is -2.86. The number of hydrogen-bond acceptors (Lipinski definition) is 11. The van der Waals surface area contributed by atoms with E-state index in [4.69, 9.17) is 4.74 Å². The quantitative estimate of drug-likeness (QED) is 0.287. The number of ether oxygens (including phenoxy) is 1. The van der Waals surface area contributed by atoms with E-state index in [1.54, 1.807) is 5.16 Å². The van der Waals surface area contributed by atoms with E-state index in [0.29, 0.717) is 6.92 Å². The van der Waals surface area contributed by atoms with E-state index in [-0.39, 0.29) is 0 Å². The van der Waals surface area contributed by atoms with Gasteiger partial charge in [-0.1, -0.05) is 0 Å². The van der Waals surface area contributed by atoms with Crippen molar-refractivity contribution in [1.29, 1.82) is 0 Å². The van der Waals surface area contributed by atoms with Crippen LogP contribution in [-0.2, 0) is 23.9 Å². The highest BCUT2D eigenvalue weighted by Crippen LogP contribution is 2.47. The Morgan fingerprint density at radius 1 is 1.00 bits per heavy atom. The Bertz CT molecular complexity index is 718. The lowest BCUT2D eigenvalue weighted by Gasteiger charge is -2.57. The summed E-state index contributed by atoms with van der Waals surface area (Å²) >= 11 is 4.38. The van der Waals surface area contributed by atoms with E-state index in [1.807, 2.05) is 0 Å². The van der Waals surface area contributed by atoms with Crippen LogP contribution in [0.2, 0.25) is 0 Å². The Balaban J connectivity index is 4.00. The Morgan fingerprint density at radius 2 is 1.46 bits per heavy atom. The fourth-order valence-corrected chi connectivity index (χ4v) is 3.21. The number of hydrogen-bond donors (Lipinski definition) is 4. The zero-order valence-electron chi connectivity index (χ0n) is 14.4. The minimum absolute atomic E-state index is 0.697. The number of thiocarbonyl (C=S) groups is 1. The number of carbonyl (C=O) groups excluding carboxylic acids is 4. The fourth-order valence-electron chi connectivity index (χ4n) is 3.12. The van der Waals surface area contributed by atoms with E-state index in [0.717, 1.165) is 20.8 Å². The third kappa shape index (κ3) is 2.69. The van der Waals surface area contributed by atoms with Crippen molar-refractivity contribution in [3.8, 4) is 0 Å². The summed E-state index contributed by atoms with van der Waals surface area (Å²) in [5.74, 6) is -5.02. The highest BCUT2D eigenvalue weighted by atomic mass is 32.1. The molecular formula is C15H19NO9S. The van der Waals surface area contributed by atoms with Crippen molar-refractivity contribution in [2.75, 3.05) is 0 Å². The number of aliphatic imine (C=N–C) groups is 1. The minimum atomic E-state index is -3.50. The predicted molar refractivity (Wildman–Crippen MR) is 87.3 cm³/mol. The van der Waals surface area contributed by atoms with E-state index in [9.17, 15) is 39.6 Å². The van der Waals surface area contributed by atoms with Crippen LogP contribution in [0.1, 0.15) is 27.7 Å². The number of aliphatic hydroxyl groups excluding tert-OH is 1. The van der Waals surface area contributed by atoms with Gasteiger partial charge < -0.3 is 25.2 Å². The summed E-state index contributed by atoms with van der Waals surface area (Å²) in [5, 5.41) is 44.7. The molecule has 1 fully saturated rings. The van der Waals surface area contributed by atoms with Crippen LogP contribution in [0.15, 0.2) is 4.99 Å². The molecule has 144 valence electrons. The summed E-state index contributed by atoms with van der Waals surface area (Å²) in [5.41, 5.74) is -10.1. The second kappa shape index (κ2) is 7.12. The molecule has 1 unspecified atom stereocenters. The molecule has 1 rings (SSSR count). The third-order valence-electron chi connectivity index (χ3n) is 4.60. The second-order valence-electron chi connectivity index (χ2n) is 6.10. The molecular weight excluding hydrogens is 370 g/mol. The first-order chi connectivity index (χ1) is 11.7. The van der Waals surface area contributed by atoms with Crippen LogP contribution in [0.3, 0.4) is 0 Å². The van der Waals surface area contributed by atoms with Crippen LogP contribution < -0.4 is 0 Å². The number of aliphatic hydroxyl groups is 4. The van der Waals surface area contributed by atoms with Gasteiger partial charge in [0.15, 0.2) is 35.0 Å². The molecule has 4 N–H and O–H groups in total. The van der Waals surface area contributed by atoms with Gasteiger partial charge in [-0.05, 0) is 39.9 Å². The van der Waals surface area contributed by atoms with Crippen LogP contribution in [0.25, 0.3) is 0 Å². The van der Waals surface area contributed by atoms with Gasteiger partial charge in [0.2, 0.25) is 11.2 Å². The number of rotatable bonds is 6. The molecule has 6 atom stereocenters. The Kier molecular flexibility index (Phi) is 6.11. The molecule has 0 aromatic rings. The van der Waals surface area contributed by atoms with Gasteiger partial charge in [-0.2, -0.15) is 4.99 Å². The van der Waals surface area contributed by atoms with E-state index >= 15 is 0 Å². The first-order valence-corrected chi connectivity index (χ1v) is 7.76. The van der Waals surface area contributed by atoms with Crippen molar-refractivity contribution >= 4 is 40.5 Å². The zero-order chi connectivity index (χ0) is 20.7. The van der Waals surface area contributed by atoms with E-state index in [2.05, 4.69) is 17.2 Å². The minimum Gasteiger partial charge on any atom is -0.382 e. The first-order valence-electron chi connectivity index (χ1n) is 7.35. The van der Waals surface area contributed by atoms with Gasteiger partial charge in [0.1, 0.15) is 12.2 Å². The topological polar surface area (TPSA) is 171 Å². The number of isothiocyanates is 1. The van der Waals surface area contributed by atoms with Gasteiger partial charge >= 0.3 is 0 Å². The summed E-state index contributed by atoms with van der Waals surface area (Å²) in [6, 6.07) is 0. The van der Waals surface area contributed by atoms with Gasteiger partial charge in [-0.3, -0.25) is 19.2 Å². The Morgan fingerprint density at radius 3 is 1.77 bits per heavy atom. The number of carbonyl (C=O) groups is 4. The molecule has 0 aromatic heterocycles. The molecule has 0 aromatic carbocycles. The maximum absolute atomic E-state index is 12.3. The largest absolute Gasteiger partial charge is 0.382 e. The van der Waals surface area contributed by atoms with Gasteiger partial charge in [0.25, 0.3) is 0 Å². The zero-order valence-corrected chi connectivity index (χ0v) is 15.2. The van der Waals surface area contributed by atoms with Gasteiger partial charge in [-0.15, -0.1) is 0 Å². The molecule has 0 spiro atoms. The number of ketones is 4. The smallest absolute Gasteiger partial charge is 0.209 e. The fraction of sp³-hybridized carbons (Fsp3) is 0.667. The van der Waals surface area contributed by atoms with Gasteiger partial charge in [-0.25, -0.2) is 0 Å². The molecule has 1 heterocycles. The van der Waals surface area contributed by atoms with Crippen LogP contribution in [0.5, 0.6) is 0 Å². The van der Waals surface area contributed by atoms with Crippen molar-refractivity contribution in [1.82, 2.24) is 0 Å². The Hall–Kier alpha value is -1.72. The van der Waals surface area contributed by atoms with Crippen LogP contribution in [-0.4, -0.2) is 84.0 Å². The molecule has 0 radical (unpaired) electrons. The molecule has 1 aliphatic heterocycles. The highest BCUT2D eigenvalue weighted by molar-refractivity contribution is 7.78. The second-order valence-corrected chi connectivity index (χ2v) is 6.28. The Labute approximate surface area is 153 Å². The highest BCUT2D eigenvalue weighted by Gasteiger charge is 2.79. The number of nitrogens with zero attached hydrogens (tertiary/aromatic N) is 1.